The van der Waals surface area contributed by atoms with Gasteiger partial charge in [0.1, 0.15) is 12.3 Å². The molecule has 0 atom stereocenters. The predicted molar refractivity (Wildman–Crippen MR) is 87.0 cm³/mol. The Kier molecular flexibility index (Phi) is 6.60. The number of aryl methyl sites for hydroxylation is 2. The first kappa shape index (κ1) is 16.3. The summed E-state index contributed by atoms with van der Waals surface area (Å²) in [6.07, 6.45) is 2.50. The third kappa shape index (κ3) is 4.36. The van der Waals surface area contributed by atoms with Gasteiger partial charge in [0, 0.05) is 19.6 Å². The molecule has 2 rings (SSSR count). The van der Waals surface area contributed by atoms with Crippen LogP contribution in [0, 0.1) is 13.8 Å². The van der Waals surface area contributed by atoms with Gasteiger partial charge < -0.3 is 14.6 Å². The lowest BCUT2D eigenvalue weighted by Gasteiger charge is -2.20. The molecule has 1 aromatic heterocycles. The van der Waals surface area contributed by atoms with Crippen molar-refractivity contribution < 1.29 is 4.42 Å². The number of nitrogens with one attached hydrogen (secondary N) is 1. The van der Waals surface area contributed by atoms with Crippen molar-refractivity contribution in [3.63, 3.8) is 0 Å². The molecule has 0 spiro atoms. The smallest absolute Gasteiger partial charge is 0.216 e. The Balaban J connectivity index is 0.00000180. The molecule has 0 aromatic carbocycles. The van der Waals surface area contributed by atoms with Crippen LogP contribution in [0.2, 0.25) is 0 Å². The van der Waals surface area contributed by atoms with Gasteiger partial charge in [-0.05, 0) is 33.6 Å². The molecule has 1 aliphatic rings. The van der Waals surface area contributed by atoms with Crippen LogP contribution in [-0.2, 0) is 6.54 Å². The highest BCUT2D eigenvalue weighted by Crippen LogP contribution is 2.11. The third-order valence-corrected chi connectivity index (χ3v) is 3.18. The summed E-state index contributed by atoms with van der Waals surface area (Å²) in [6, 6.07) is 0. The zero-order valence-electron chi connectivity index (χ0n) is 11.9. The summed E-state index contributed by atoms with van der Waals surface area (Å²) in [5.74, 6) is 2.55. The first-order chi connectivity index (χ1) is 8.70. The van der Waals surface area contributed by atoms with Gasteiger partial charge >= 0.3 is 0 Å². The van der Waals surface area contributed by atoms with Crippen LogP contribution in [-0.4, -0.2) is 35.5 Å². The molecule has 1 saturated heterocycles. The Morgan fingerprint density at radius 3 is 2.58 bits per heavy atom. The van der Waals surface area contributed by atoms with Gasteiger partial charge in [-0.15, -0.1) is 24.0 Å². The molecule has 0 aliphatic carbocycles. The van der Waals surface area contributed by atoms with Crippen molar-refractivity contribution in [1.29, 1.82) is 0 Å². The number of rotatable bonds is 3. The fourth-order valence-corrected chi connectivity index (χ4v) is 2.10. The molecule has 2 heterocycles. The van der Waals surface area contributed by atoms with E-state index in [0.717, 1.165) is 37.0 Å². The van der Waals surface area contributed by atoms with Crippen LogP contribution in [0.15, 0.2) is 9.41 Å². The third-order valence-electron chi connectivity index (χ3n) is 3.18. The quantitative estimate of drug-likeness (QED) is 0.499. The van der Waals surface area contributed by atoms with Gasteiger partial charge in [0.15, 0.2) is 5.96 Å². The van der Waals surface area contributed by atoms with E-state index in [1.165, 1.54) is 12.8 Å². The van der Waals surface area contributed by atoms with Crippen molar-refractivity contribution in [2.45, 2.75) is 40.2 Å². The Morgan fingerprint density at radius 2 is 2.05 bits per heavy atom. The summed E-state index contributed by atoms with van der Waals surface area (Å²) in [4.78, 5) is 11.2. The van der Waals surface area contributed by atoms with Crippen LogP contribution >= 0.6 is 24.0 Å². The second-order valence-electron chi connectivity index (χ2n) is 4.61. The van der Waals surface area contributed by atoms with Gasteiger partial charge in [-0.25, -0.2) is 9.98 Å². The number of aromatic nitrogens is 1. The molecule has 0 saturated carbocycles. The highest BCUT2D eigenvalue weighted by atomic mass is 127. The molecule has 1 N–H and O–H groups in total. The molecule has 0 bridgehead atoms. The Bertz CT molecular complexity index is 405. The number of likely N-dealkylation sites (tertiary alicyclic amines) is 1. The number of oxazole rings is 1. The molecule has 5 nitrogen and oxygen atoms in total. The first-order valence-electron chi connectivity index (χ1n) is 6.67. The lowest BCUT2D eigenvalue weighted by atomic mass is 10.4. The molecule has 19 heavy (non-hydrogen) atoms. The van der Waals surface area contributed by atoms with Crippen molar-refractivity contribution >= 4 is 29.9 Å². The molecule has 1 aliphatic heterocycles. The number of halogens is 1. The largest absolute Gasteiger partial charge is 0.444 e. The fraction of sp³-hybridized carbons (Fsp3) is 0.692. The number of guanidine groups is 1. The minimum Gasteiger partial charge on any atom is -0.444 e. The summed E-state index contributed by atoms with van der Waals surface area (Å²) >= 11 is 0. The van der Waals surface area contributed by atoms with Crippen LogP contribution in [0.1, 0.15) is 37.1 Å². The molecule has 108 valence electrons. The molecular formula is C13H23IN4O. The minimum absolute atomic E-state index is 0. The molecule has 6 heteroatoms. The van der Waals surface area contributed by atoms with E-state index < -0.39 is 0 Å². The normalized spacial score (nSPS) is 15.5. The SMILES string of the molecule is CCNC(=NCc1nc(C)c(C)o1)N1CCCC1.I. The van der Waals surface area contributed by atoms with E-state index in [4.69, 9.17) is 4.42 Å². The van der Waals surface area contributed by atoms with Crippen LogP contribution in [0.25, 0.3) is 0 Å². The van der Waals surface area contributed by atoms with Gasteiger partial charge in [0.25, 0.3) is 0 Å². The van der Waals surface area contributed by atoms with Crippen LogP contribution < -0.4 is 5.32 Å². The Labute approximate surface area is 131 Å². The van der Waals surface area contributed by atoms with Gasteiger partial charge in [-0.3, -0.25) is 0 Å². The summed E-state index contributed by atoms with van der Waals surface area (Å²) < 4.78 is 5.54. The topological polar surface area (TPSA) is 53.7 Å². The van der Waals surface area contributed by atoms with E-state index in [-0.39, 0.29) is 24.0 Å². The van der Waals surface area contributed by atoms with Crippen molar-refractivity contribution in [2.75, 3.05) is 19.6 Å². The second kappa shape index (κ2) is 7.72. The number of hydrogen-bond acceptors (Lipinski definition) is 3. The number of aliphatic imine (C=N–C) groups is 1. The Morgan fingerprint density at radius 1 is 1.37 bits per heavy atom. The maximum atomic E-state index is 5.54. The number of hydrogen-bond donors (Lipinski definition) is 1. The summed E-state index contributed by atoms with van der Waals surface area (Å²) in [7, 11) is 0. The lowest BCUT2D eigenvalue weighted by Crippen LogP contribution is -2.39. The maximum Gasteiger partial charge on any atom is 0.216 e. The highest BCUT2D eigenvalue weighted by Gasteiger charge is 2.15. The zero-order chi connectivity index (χ0) is 13.0. The molecule has 1 aromatic rings. The molecular weight excluding hydrogens is 355 g/mol. The van der Waals surface area contributed by atoms with Crippen LogP contribution in [0.4, 0.5) is 0 Å². The Hall–Kier alpha value is -0.790. The fourth-order valence-electron chi connectivity index (χ4n) is 2.10. The number of nitrogens with zero attached hydrogens (tertiary/aromatic N) is 3. The molecule has 0 amide bonds. The van der Waals surface area contributed by atoms with E-state index in [2.05, 4.69) is 27.1 Å². The molecule has 0 unspecified atom stereocenters. The summed E-state index contributed by atoms with van der Waals surface area (Å²) in [5, 5.41) is 3.32. The predicted octanol–water partition coefficient (Wildman–Crippen LogP) is 2.47. The highest BCUT2D eigenvalue weighted by molar-refractivity contribution is 14.0. The summed E-state index contributed by atoms with van der Waals surface area (Å²) in [6.45, 7) is 9.56. The van der Waals surface area contributed by atoms with E-state index in [9.17, 15) is 0 Å². The minimum atomic E-state index is 0. The summed E-state index contributed by atoms with van der Waals surface area (Å²) in [5.41, 5.74) is 0.950. The van der Waals surface area contributed by atoms with Crippen molar-refractivity contribution in [1.82, 2.24) is 15.2 Å². The molecule has 0 radical (unpaired) electrons. The first-order valence-corrected chi connectivity index (χ1v) is 6.67. The van der Waals surface area contributed by atoms with E-state index in [1.54, 1.807) is 0 Å². The van der Waals surface area contributed by atoms with Gasteiger partial charge in [0.05, 0.1) is 5.69 Å². The van der Waals surface area contributed by atoms with Crippen LogP contribution in [0.5, 0.6) is 0 Å². The van der Waals surface area contributed by atoms with Crippen molar-refractivity contribution in [3.05, 3.63) is 17.3 Å². The lowest BCUT2D eigenvalue weighted by molar-refractivity contribution is 0.463. The van der Waals surface area contributed by atoms with E-state index in [1.807, 2.05) is 13.8 Å². The average molecular weight is 378 g/mol. The van der Waals surface area contributed by atoms with E-state index >= 15 is 0 Å². The molecule has 1 fully saturated rings. The monoisotopic (exact) mass is 378 g/mol. The standard InChI is InChI=1S/C13H22N4O.HI/c1-4-14-13(17-7-5-6-8-17)15-9-12-16-10(2)11(3)18-12;/h4-9H2,1-3H3,(H,14,15);1H. The van der Waals surface area contributed by atoms with Gasteiger partial charge in [-0.2, -0.15) is 0 Å². The maximum absolute atomic E-state index is 5.54. The zero-order valence-corrected chi connectivity index (χ0v) is 14.2. The van der Waals surface area contributed by atoms with Crippen molar-refractivity contribution in [2.24, 2.45) is 4.99 Å². The van der Waals surface area contributed by atoms with E-state index in [0.29, 0.717) is 12.4 Å². The van der Waals surface area contributed by atoms with Gasteiger partial charge in [0.2, 0.25) is 5.89 Å². The average Bonchev–Trinajstić information content (AvgIpc) is 2.96. The van der Waals surface area contributed by atoms with Crippen LogP contribution in [0.3, 0.4) is 0 Å². The second-order valence-corrected chi connectivity index (χ2v) is 4.61. The van der Waals surface area contributed by atoms with Gasteiger partial charge in [-0.1, -0.05) is 0 Å². The van der Waals surface area contributed by atoms with Crippen molar-refractivity contribution in [3.8, 4) is 0 Å².